The highest BCUT2D eigenvalue weighted by Gasteiger charge is 2.05. The van der Waals surface area contributed by atoms with Gasteiger partial charge in [0.15, 0.2) is 0 Å². The summed E-state index contributed by atoms with van der Waals surface area (Å²) in [5.74, 6) is -0.137. The maximum atomic E-state index is 12.0. The second kappa shape index (κ2) is 5.05. The number of anilines is 1. The van der Waals surface area contributed by atoms with Crippen molar-refractivity contribution in [2.75, 3.05) is 5.73 Å². The lowest BCUT2D eigenvalue weighted by atomic mass is 10.1. The lowest BCUT2D eigenvalue weighted by molar-refractivity contribution is 0.0951. The zero-order valence-electron chi connectivity index (χ0n) is 10.8. The van der Waals surface area contributed by atoms with Crippen molar-refractivity contribution in [2.45, 2.75) is 6.54 Å². The van der Waals surface area contributed by atoms with Gasteiger partial charge in [-0.15, -0.1) is 0 Å². The minimum Gasteiger partial charge on any atom is -0.399 e. The Labute approximate surface area is 115 Å². The molecule has 1 aromatic heterocycles. The Hall–Kier alpha value is -2.82. The van der Waals surface area contributed by atoms with E-state index in [1.807, 2.05) is 18.2 Å². The minimum atomic E-state index is -0.137. The van der Waals surface area contributed by atoms with Crippen LogP contribution in [0.25, 0.3) is 10.9 Å². The highest BCUT2D eigenvalue weighted by atomic mass is 16.1. The van der Waals surface area contributed by atoms with Gasteiger partial charge < -0.3 is 11.1 Å². The van der Waals surface area contributed by atoms with Crippen LogP contribution in [0.5, 0.6) is 0 Å². The molecule has 0 atom stereocenters. The Kier molecular flexibility index (Phi) is 3.09. The van der Waals surface area contributed by atoms with Crippen molar-refractivity contribution in [3.8, 4) is 0 Å². The van der Waals surface area contributed by atoms with Crippen LogP contribution in [0.3, 0.4) is 0 Å². The number of carbonyl (C=O) groups is 1. The molecule has 2 aromatic carbocycles. The van der Waals surface area contributed by atoms with Gasteiger partial charge in [-0.3, -0.25) is 9.89 Å². The summed E-state index contributed by atoms with van der Waals surface area (Å²) in [5.41, 5.74) is 8.78. The van der Waals surface area contributed by atoms with E-state index in [0.717, 1.165) is 16.5 Å². The van der Waals surface area contributed by atoms with Crippen LogP contribution in [0.1, 0.15) is 15.9 Å². The number of nitrogens with zero attached hydrogens (tertiary/aromatic N) is 1. The average molecular weight is 266 g/mol. The molecule has 1 amide bonds. The maximum absolute atomic E-state index is 12.0. The van der Waals surface area contributed by atoms with Crippen molar-refractivity contribution in [2.24, 2.45) is 0 Å². The molecule has 0 radical (unpaired) electrons. The van der Waals surface area contributed by atoms with Crippen molar-refractivity contribution < 1.29 is 4.79 Å². The second-order valence-electron chi connectivity index (χ2n) is 4.60. The molecule has 0 saturated carbocycles. The Morgan fingerprint density at radius 1 is 1.25 bits per heavy atom. The van der Waals surface area contributed by atoms with E-state index in [1.165, 1.54) is 0 Å². The van der Waals surface area contributed by atoms with Gasteiger partial charge >= 0.3 is 0 Å². The van der Waals surface area contributed by atoms with E-state index in [-0.39, 0.29) is 5.91 Å². The van der Waals surface area contributed by atoms with Crippen molar-refractivity contribution in [3.63, 3.8) is 0 Å². The monoisotopic (exact) mass is 266 g/mol. The number of amides is 1. The molecule has 1 heterocycles. The first-order valence-corrected chi connectivity index (χ1v) is 6.28. The van der Waals surface area contributed by atoms with Crippen LogP contribution in [-0.2, 0) is 6.54 Å². The fourth-order valence-electron chi connectivity index (χ4n) is 2.06. The molecule has 0 fully saturated rings. The molecular formula is C15H14N4O. The first-order valence-electron chi connectivity index (χ1n) is 6.28. The normalized spacial score (nSPS) is 10.6. The maximum Gasteiger partial charge on any atom is 0.251 e. The van der Waals surface area contributed by atoms with Gasteiger partial charge in [-0.05, 0) is 29.8 Å². The lowest BCUT2D eigenvalue weighted by Crippen LogP contribution is -2.22. The summed E-state index contributed by atoms with van der Waals surface area (Å²) >= 11 is 0. The van der Waals surface area contributed by atoms with Gasteiger partial charge in [0, 0.05) is 23.2 Å². The Balaban J connectivity index is 1.71. The molecule has 0 aliphatic heterocycles. The standard InChI is InChI=1S/C15H14N4O/c16-13-3-1-2-11(7-13)15(20)17-8-10-4-5-12-9-18-19-14(12)6-10/h1-7,9H,8,16H2,(H,17,20)(H,18,19). The summed E-state index contributed by atoms with van der Waals surface area (Å²) in [4.78, 5) is 12.0. The number of hydrogen-bond donors (Lipinski definition) is 3. The van der Waals surface area contributed by atoms with Gasteiger partial charge in [-0.25, -0.2) is 0 Å². The third-order valence-electron chi connectivity index (χ3n) is 3.11. The van der Waals surface area contributed by atoms with Crippen LogP contribution in [0, 0.1) is 0 Å². The van der Waals surface area contributed by atoms with Crippen LogP contribution in [0.15, 0.2) is 48.7 Å². The number of carbonyl (C=O) groups excluding carboxylic acids is 1. The number of nitrogen functional groups attached to an aromatic ring is 1. The predicted octanol–water partition coefficient (Wildman–Crippen LogP) is 2.08. The lowest BCUT2D eigenvalue weighted by Gasteiger charge is -2.06. The first kappa shape index (κ1) is 12.2. The van der Waals surface area contributed by atoms with Gasteiger partial charge in [-0.2, -0.15) is 5.10 Å². The molecule has 5 nitrogen and oxygen atoms in total. The largest absolute Gasteiger partial charge is 0.399 e. The van der Waals surface area contributed by atoms with Crippen molar-refractivity contribution >= 4 is 22.5 Å². The van der Waals surface area contributed by atoms with Crippen molar-refractivity contribution in [3.05, 3.63) is 59.8 Å². The van der Waals surface area contributed by atoms with Crippen molar-refractivity contribution in [1.82, 2.24) is 15.5 Å². The third kappa shape index (κ3) is 2.47. The van der Waals surface area contributed by atoms with Crippen molar-refractivity contribution in [1.29, 1.82) is 0 Å². The molecule has 0 unspecified atom stereocenters. The first-order chi connectivity index (χ1) is 9.72. The molecular weight excluding hydrogens is 252 g/mol. The number of H-pyrrole nitrogens is 1. The summed E-state index contributed by atoms with van der Waals surface area (Å²) in [6, 6.07) is 12.8. The minimum absolute atomic E-state index is 0.137. The van der Waals surface area contributed by atoms with Crippen LogP contribution in [-0.4, -0.2) is 16.1 Å². The molecule has 3 rings (SSSR count). The van der Waals surface area contributed by atoms with Crippen LogP contribution in [0.4, 0.5) is 5.69 Å². The van der Waals surface area contributed by atoms with E-state index in [1.54, 1.807) is 30.5 Å². The van der Waals surface area contributed by atoms with Crippen LogP contribution < -0.4 is 11.1 Å². The van der Waals surface area contributed by atoms with E-state index in [2.05, 4.69) is 15.5 Å². The number of benzene rings is 2. The number of aromatic nitrogens is 2. The van der Waals surface area contributed by atoms with Crippen LogP contribution in [0.2, 0.25) is 0 Å². The van der Waals surface area contributed by atoms with Gasteiger partial charge in [0.1, 0.15) is 0 Å². The quantitative estimate of drug-likeness (QED) is 0.634. The zero-order valence-corrected chi connectivity index (χ0v) is 10.8. The molecule has 0 spiro atoms. The molecule has 100 valence electrons. The summed E-state index contributed by atoms with van der Waals surface area (Å²) in [6.45, 7) is 0.461. The van der Waals surface area contributed by atoms with E-state index >= 15 is 0 Å². The number of fused-ring (bicyclic) bond motifs is 1. The summed E-state index contributed by atoms with van der Waals surface area (Å²) in [6.07, 6.45) is 1.77. The Bertz CT molecular complexity index is 763. The molecule has 20 heavy (non-hydrogen) atoms. The zero-order chi connectivity index (χ0) is 13.9. The molecule has 0 bridgehead atoms. The number of nitrogens with one attached hydrogen (secondary N) is 2. The van der Waals surface area contributed by atoms with Gasteiger partial charge in [-0.1, -0.05) is 18.2 Å². The second-order valence-corrected chi connectivity index (χ2v) is 4.60. The average Bonchev–Trinajstić information content (AvgIpc) is 2.92. The number of nitrogens with two attached hydrogens (primary N) is 1. The van der Waals surface area contributed by atoms with E-state index < -0.39 is 0 Å². The SMILES string of the molecule is Nc1cccc(C(=O)NCc2ccc3cn[nH]c3c2)c1. The third-order valence-corrected chi connectivity index (χ3v) is 3.11. The Morgan fingerprint density at radius 3 is 3.00 bits per heavy atom. The molecule has 4 N–H and O–H groups in total. The van der Waals surface area contributed by atoms with Gasteiger partial charge in [0.05, 0.1) is 11.7 Å². The van der Waals surface area contributed by atoms with Gasteiger partial charge in [0.25, 0.3) is 5.91 Å². The highest BCUT2D eigenvalue weighted by Crippen LogP contribution is 2.13. The number of rotatable bonds is 3. The molecule has 0 aliphatic carbocycles. The molecule has 0 saturated heterocycles. The highest BCUT2D eigenvalue weighted by molar-refractivity contribution is 5.95. The van der Waals surface area contributed by atoms with E-state index in [0.29, 0.717) is 17.8 Å². The Morgan fingerprint density at radius 2 is 2.15 bits per heavy atom. The summed E-state index contributed by atoms with van der Waals surface area (Å²) < 4.78 is 0. The predicted molar refractivity (Wildman–Crippen MR) is 78.1 cm³/mol. The van der Waals surface area contributed by atoms with E-state index in [4.69, 9.17) is 5.73 Å². The molecule has 0 aliphatic rings. The molecule has 3 aromatic rings. The topological polar surface area (TPSA) is 83.8 Å². The number of aromatic amines is 1. The van der Waals surface area contributed by atoms with E-state index in [9.17, 15) is 4.79 Å². The van der Waals surface area contributed by atoms with Crippen LogP contribution >= 0.6 is 0 Å². The fraction of sp³-hybridized carbons (Fsp3) is 0.0667. The summed E-state index contributed by atoms with van der Waals surface area (Å²) in [7, 11) is 0. The summed E-state index contributed by atoms with van der Waals surface area (Å²) in [5, 5.41) is 10.8. The molecule has 5 heteroatoms. The fourth-order valence-corrected chi connectivity index (χ4v) is 2.06. The number of hydrogen-bond acceptors (Lipinski definition) is 3. The smallest absolute Gasteiger partial charge is 0.251 e. The van der Waals surface area contributed by atoms with Gasteiger partial charge in [0.2, 0.25) is 0 Å².